The van der Waals surface area contributed by atoms with Crippen LogP contribution in [-0.4, -0.2) is 61.0 Å². The molecule has 4 heteroatoms. The average Bonchev–Trinajstić information content (AvgIpc) is 2.63. The molecule has 18 heavy (non-hydrogen) atoms. The topological polar surface area (TPSA) is 35.6 Å². The number of piperidine rings is 1. The minimum Gasteiger partial charge on any atom is -0.342 e. The lowest BCUT2D eigenvalue weighted by Gasteiger charge is -2.27. The summed E-state index contributed by atoms with van der Waals surface area (Å²) in [4.78, 5) is 15.9. The SMILES string of the molecule is CC(=O)N1CCCN(CCC2CCCCN2)CC1. The van der Waals surface area contributed by atoms with E-state index in [4.69, 9.17) is 0 Å². The van der Waals surface area contributed by atoms with Crippen LogP contribution in [-0.2, 0) is 4.79 Å². The molecule has 2 aliphatic heterocycles. The van der Waals surface area contributed by atoms with Crippen LogP contribution in [0.5, 0.6) is 0 Å². The number of nitrogens with zero attached hydrogens (tertiary/aromatic N) is 2. The highest BCUT2D eigenvalue weighted by molar-refractivity contribution is 5.73. The number of carbonyl (C=O) groups is 1. The van der Waals surface area contributed by atoms with E-state index >= 15 is 0 Å². The number of nitrogens with one attached hydrogen (secondary N) is 1. The fraction of sp³-hybridized carbons (Fsp3) is 0.929. The fourth-order valence-corrected chi connectivity index (χ4v) is 3.02. The van der Waals surface area contributed by atoms with Crippen molar-refractivity contribution in [3.8, 4) is 0 Å². The standard InChI is InChI=1S/C14H27N3O/c1-13(18)17-9-4-8-16(11-12-17)10-6-14-5-2-3-7-15-14/h14-15H,2-12H2,1H3. The molecule has 0 aliphatic carbocycles. The van der Waals surface area contributed by atoms with Gasteiger partial charge in [0.25, 0.3) is 0 Å². The van der Waals surface area contributed by atoms with Gasteiger partial charge in [-0.15, -0.1) is 0 Å². The Labute approximate surface area is 111 Å². The lowest BCUT2D eigenvalue weighted by Crippen LogP contribution is -2.38. The zero-order valence-electron chi connectivity index (χ0n) is 11.7. The second-order valence-corrected chi connectivity index (χ2v) is 5.64. The molecule has 104 valence electrons. The summed E-state index contributed by atoms with van der Waals surface area (Å²) >= 11 is 0. The van der Waals surface area contributed by atoms with Crippen molar-refractivity contribution in [2.75, 3.05) is 39.3 Å². The van der Waals surface area contributed by atoms with Crippen LogP contribution in [0.2, 0.25) is 0 Å². The molecule has 1 N–H and O–H groups in total. The van der Waals surface area contributed by atoms with Gasteiger partial charge in [0.1, 0.15) is 0 Å². The zero-order valence-corrected chi connectivity index (χ0v) is 11.7. The molecule has 1 unspecified atom stereocenters. The van der Waals surface area contributed by atoms with Gasteiger partial charge in [0, 0.05) is 32.6 Å². The number of hydrogen-bond donors (Lipinski definition) is 1. The summed E-state index contributed by atoms with van der Waals surface area (Å²) in [5, 5.41) is 3.61. The maximum Gasteiger partial charge on any atom is 0.219 e. The molecule has 0 bridgehead atoms. The molecule has 0 radical (unpaired) electrons. The molecule has 0 saturated carbocycles. The molecule has 0 spiro atoms. The molecule has 0 aromatic rings. The summed E-state index contributed by atoms with van der Waals surface area (Å²) in [6, 6.07) is 0.728. The van der Waals surface area contributed by atoms with Crippen molar-refractivity contribution in [1.82, 2.24) is 15.1 Å². The average molecular weight is 253 g/mol. The molecule has 2 rings (SSSR count). The van der Waals surface area contributed by atoms with E-state index in [-0.39, 0.29) is 5.91 Å². The van der Waals surface area contributed by atoms with Gasteiger partial charge >= 0.3 is 0 Å². The van der Waals surface area contributed by atoms with Gasteiger partial charge in [0.15, 0.2) is 0 Å². The first kappa shape index (κ1) is 13.8. The van der Waals surface area contributed by atoms with Gasteiger partial charge in [-0.05, 0) is 45.3 Å². The maximum absolute atomic E-state index is 11.4. The lowest BCUT2D eigenvalue weighted by atomic mass is 10.0. The molecule has 0 aromatic heterocycles. The summed E-state index contributed by atoms with van der Waals surface area (Å²) in [7, 11) is 0. The third-order valence-corrected chi connectivity index (χ3v) is 4.24. The third kappa shape index (κ3) is 4.25. The summed E-state index contributed by atoms with van der Waals surface area (Å²) in [6.07, 6.45) is 6.45. The van der Waals surface area contributed by atoms with E-state index in [1.165, 1.54) is 38.8 Å². The first-order valence-electron chi connectivity index (χ1n) is 7.47. The van der Waals surface area contributed by atoms with Crippen LogP contribution in [0.3, 0.4) is 0 Å². The van der Waals surface area contributed by atoms with Crippen LogP contribution in [0.15, 0.2) is 0 Å². The van der Waals surface area contributed by atoms with Gasteiger partial charge in [-0.3, -0.25) is 4.79 Å². The van der Waals surface area contributed by atoms with E-state index < -0.39 is 0 Å². The zero-order chi connectivity index (χ0) is 12.8. The predicted molar refractivity (Wildman–Crippen MR) is 73.6 cm³/mol. The molecule has 2 fully saturated rings. The lowest BCUT2D eigenvalue weighted by molar-refractivity contribution is -0.128. The molecule has 4 nitrogen and oxygen atoms in total. The van der Waals surface area contributed by atoms with Crippen molar-refractivity contribution in [3.05, 3.63) is 0 Å². The monoisotopic (exact) mass is 253 g/mol. The Balaban J connectivity index is 1.68. The van der Waals surface area contributed by atoms with E-state index in [9.17, 15) is 4.79 Å². The van der Waals surface area contributed by atoms with E-state index in [0.29, 0.717) is 0 Å². The van der Waals surface area contributed by atoms with Gasteiger partial charge in [0.05, 0.1) is 0 Å². The summed E-state index contributed by atoms with van der Waals surface area (Å²) < 4.78 is 0. The third-order valence-electron chi connectivity index (χ3n) is 4.24. The smallest absolute Gasteiger partial charge is 0.219 e. The summed E-state index contributed by atoms with van der Waals surface area (Å²) in [5.74, 6) is 0.228. The van der Waals surface area contributed by atoms with E-state index in [0.717, 1.165) is 38.6 Å². The molecular formula is C14H27N3O. The molecular weight excluding hydrogens is 226 g/mol. The fourth-order valence-electron chi connectivity index (χ4n) is 3.02. The summed E-state index contributed by atoms with van der Waals surface area (Å²) in [6.45, 7) is 8.11. The van der Waals surface area contributed by atoms with Crippen molar-refractivity contribution >= 4 is 5.91 Å². The van der Waals surface area contributed by atoms with Gasteiger partial charge in [0.2, 0.25) is 5.91 Å². The quantitative estimate of drug-likeness (QED) is 0.817. The van der Waals surface area contributed by atoms with Crippen molar-refractivity contribution in [2.24, 2.45) is 0 Å². The second kappa shape index (κ2) is 7.10. The van der Waals surface area contributed by atoms with E-state index in [1.54, 1.807) is 6.92 Å². The van der Waals surface area contributed by atoms with Crippen LogP contribution in [0.4, 0.5) is 0 Å². The van der Waals surface area contributed by atoms with Gasteiger partial charge in [-0.25, -0.2) is 0 Å². The van der Waals surface area contributed by atoms with Crippen LogP contribution in [0.25, 0.3) is 0 Å². The second-order valence-electron chi connectivity index (χ2n) is 5.64. The molecule has 2 saturated heterocycles. The Hall–Kier alpha value is -0.610. The first-order chi connectivity index (χ1) is 8.75. The van der Waals surface area contributed by atoms with Crippen molar-refractivity contribution in [2.45, 2.75) is 45.1 Å². The van der Waals surface area contributed by atoms with Gasteiger partial charge in [-0.1, -0.05) is 6.42 Å². The number of amides is 1. The first-order valence-corrected chi connectivity index (χ1v) is 7.47. The van der Waals surface area contributed by atoms with Gasteiger partial charge < -0.3 is 15.1 Å². The normalized spacial score (nSPS) is 26.9. The van der Waals surface area contributed by atoms with Crippen molar-refractivity contribution in [3.63, 3.8) is 0 Å². The highest BCUT2D eigenvalue weighted by atomic mass is 16.2. The Morgan fingerprint density at radius 1 is 1.17 bits per heavy atom. The highest BCUT2D eigenvalue weighted by Crippen LogP contribution is 2.11. The Morgan fingerprint density at radius 2 is 2.06 bits per heavy atom. The minimum atomic E-state index is 0.228. The highest BCUT2D eigenvalue weighted by Gasteiger charge is 2.18. The predicted octanol–water partition coefficient (Wildman–Crippen LogP) is 1.07. The Bertz CT molecular complexity index is 264. The van der Waals surface area contributed by atoms with Crippen LogP contribution in [0.1, 0.15) is 39.0 Å². The Kier molecular flexibility index (Phi) is 5.45. The van der Waals surface area contributed by atoms with Crippen LogP contribution < -0.4 is 5.32 Å². The van der Waals surface area contributed by atoms with Crippen molar-refractivity contribution < 1.29 is 4.79 Å². The number of carbonyl (C=O) groups excluding carboxylic acids is 1. The molecule has 2 heterocycles. The number of hydrogen-bond acceptors (Lipinski definition) is 3. The number of rotatable bonds is 3. The van der Waals surface area contributed by atoms with Crippen molar-refractivity contribution in [1.29, 1.82) is 0 Å². The van der Waals surface area contributed by atoms with Crippen LogP contribution in [0, 0.1) is 0 Å². The summed E-state index contributed by atoms with van der Waals surface area (Å²) in [5.41, 5.74) is 0. The Morgan fingerprint density at radius 3 is 2.78 bits per heavy atom. The van der Waals surface area contributed by atoms with Crippen LogP contribution >= 0.6 is 0 Å². The minimum absolute atomic E-state index is 0.228. The van der Waals surface area contributed by atoms with E-state index in [1.807, 2.05) is 4.90 Å². The van der Waals surface area contributed by atoms with E-state index in [2.05, 4.69) is 10.2 Å². The molecule has 1 amide bonds. The molecule has 0 aromatic carbocycles. The van der Waals surface area contributed by atoms with Gasteiger partial charge in [-0.2, -0.15) is 0 Å². The molecule has 2 aliphatic rings. The largest absolute Gasteiger partial charge is 0.342 e. The molecule has 1 atom stereocenters. The maximum atomic E-state index is 11.4.